The van der Waals surface area contributed by atoms with Gasteiger partial charge in [0.25, 0.3) is 0 Å². The minimum Gasteiger partial charge on any atom is -0.504 e. The maximum absolute atomic E-state index is 12.1. The quantitative estimate of drug-likeness (QED) is 0.118. The van der Waals surface area contributed by atoms with E-state index in [1.165, 1.54) is 31.4 Å². The number of aromatic hydroxyl groups is 1. The lowest BCUT2D eigenvalue weighted by atomic mass is 9.99. The molecule has 0 saturated carbocycles. The van der Waals surface area contributed by atoms with Gasteiger partial charge in [0.15, 0.2) is 17.8 Å². The molecule has 0 amide bonds. The van der Waals surface area contributed by atoms with Crippen molar-refractivity contribution in [2.45, 2.75) is 54.8 Å². The van der Waals surface area contributed by atoms with Crippen LogP contribution in [0.15, 0.2) is 24.3 Å². The Hall–Kier alpha value is -2.37. The van der Waals surface area contributed by atoms with Crippen LogP contribution in [0.4, 0.5) is 0 Å². The van der Waals surface area contributed by atoms with Gasteiger partial charge in [-0.15, -0.1) is 0 Å². The van der Waals surface area contributed by atoms with Crippen molar-refractivity contribution >= 4 is 12.0 Å². The second-order valence-electron chi connectivity index (χ2n) is 8.27. The number of methoxy groups -OCH3 is 1. The van der Waals surface area contributed by atoms with E-state index in [4.69, 9.17) is 23.7 Å². The molecule has 14 nitrogen and oxygen atoms in total. The third-order valence-corrected chi connectivity index (χ3v) is 5.90. The van der Waals surface area contributed by atoms with E-state index in [1.807, 2.05) is 0 Å². The summed E-state index contributed by atoms with van der Waals surface area (Å²) in [5, 5.41) is 79.6. The molecule has 9 atom stereocenters. The van der Waals surface area contributed by atoms with Gasteiger partial charge in [-0.25, -0.2) is 4.79 Å². The van der Waals surface area contributed by atoms with E-state index in [-0.39, 0.29) is 11.5 Å². The first-order chi connectivity index (χ1) is 17.1. The number of phenolic OH excluding ortho intramolecular Hbond substituents is 1. The van der Waals surface area contributed by atoms with Crippen LogP contribution in [-0.2, 0) is 23.7 Å². The molecule has 36 heavy (non-hydrogen) atoms. The normalized spacial score (nSPS) is 36.8. The molecular weight excluding hydrogens is 488 g/mol. The highest BCUT2D eigenvalue weighted by atomic mass is 16.8. The largest absolute Gasteiger partial charge is 0.504 e. The molecule has 3 rings (SSSR count). The molecule has 0 aromatic heterocycles. The van der Waals surface area contributed by atoms with Crippen LogP contribution in [-0.4, -0.2) is 129 Å². The molecule has 0 aliphatic carbocycles. The van der Waals surface area contributed by atoms with Crippen LogP contribution in [0.1, 0.15) is 5.56 Å². The van der Waals surface area contributed by atoms with E-state index in [0.29, 0.717) is 5.56 Å². The predicted octanol–water partition coefficient (Wildman–Crippen LogP) is -3.42. The second-order valence-corrected chi connectivity index (χ2v) is 8.27. The highest BCUT2D eigenvalue weighted by molar-refractivity contribution is 5.87. The minimum absolute atomic E-state index is 0.0820. The number of rotatable bonds is 9. The number of aliphatic hydroxyl groups is 7. The first kappa shape index (κ1) is 28.2. The summed E-state index contributed by atoms with van der Waals surface area (Å²) in [4.78, 5) is 12.1. The van der Waals surface area contributed by atoms with Crippen LogP contribution in [0, 0.1) is 0 Å². The smallest absolute Gasteiger partial charge is 0.330 e. The summed E-state index contributed by atoms with van der Waals surface area (Å²) in [6.45, 7) is -2.36. The van der Waals surface area contributed by atoms with E-state index in [0.717, 1.165) is 6.08 Å². The van der Waals surface area contributed by atoms with E-state index >= 15 is 0 Å². The summed E-state index contributed by atoms with van der Waals surface area (Å²) in [7, 11) is 1.37. The molecule has 0 unspecified atom stereocenters. The highest BCUT2D eigenvalue weighted by Gasteiger charge is 2.58. The maximum Gasteiger partial charge on any atom is 0.330 e. The van der Waals surface area contributed by atoms with Gasteiger partial charge in [0.2, 0.25) is 5.79 Å². The second kappa shape index (κ2) is 11.8. The Balaban J connectivity index is 1.63. The molecule has 0 radical (unpaired) electrons. The monoisotopic (exact) mass is 518 g/mol. The molecule has 1 aromatic carbocycles. The maximum atomic E-state index is 12.1. The average Bonchev–Trinajstić information content (AvgIpc) is 3.12. The van der Waals surface area contributed by atoms with Crippen molar-refractivity contribution in [2.75, 3.05) is 26.9 Å². The van der Waals surface area contributed by atoms with Gasteiger partial charge in [-0.3, -0.25) is 0 Å². The number of hydrogen-bond acceptors (Lipinski definition) is 14. The predicted molar refractivity (Wildman–Crippen MR) is 116 cm³/mol. The number of carbonyl (C=O) groups is 1. The summed E-state index contributed by atoms with van der Waals surface area (Å²) in [6, 6.07) is 4.37. The summed E-state index contributed by atoms with van der Waals surface area (Å²) < 4.78 is 26.0. The number of phenols is 1. The fourth-order valence-corrected chi connectivity index (χ4v) is 3.79. The Kier molecular flexibility index (Phi) is 9.23. The van der Waals surface area contributed by atoms with Gasteiger partial charge in [-0.05, 0) is 23.8 Å². The molecule has 14 heteroatoms. The number of carbonyl (C=O) groups excluding carboxylic acids is 1. The molecule has 8 N–H and O–H groups in total. The molecule has 0 bridgehead atoms. The first-order valence-corrected chi connectivity index (χ1v) is 10.9. The Morgan fingerprint density at radius 1 is 1.06 bits per heavy atom. The molecule has 2 heterocycles. The minimum atomic E-state index is -2.36. The van der Waals surface area contributed by atoms with Crippen molar-refractivity contribution in [3.63, 3.8) is 0 Å². The summed E-state index contributed by atoms with van der Waals surface area (Å²) in [5.74, 6) is -3.09. The van der Waals surface area contributed by atoms with Crippen molar-refractivity contribution in [3.05, 3.63) is 29.8 Å². The fraction of sp³-hybridized carbons (Fsp3) is 0.591. The van der Waals surface area contributed by atoms with E-state index in [9.17, 15) is 45.6 Å². The number of hydrogen-bond donors (Lipinski definition) is 8. The van der Waals surface area contributed by atoms with Crippen LogP contribution in [0.2, 0.25) is 0 Å². The molecule has 1 aromatic rings. The van der Waals surface area contributed by atoms with E-state index in [2.05, 4.69) is 0 Å². The van der Waals surface area contributed by atoms with Gasteiger partial charge in [-0.1, -0.05) is 6.07 Å². The van der Waals surface area contributed by atoms with Crippen molar-refractivity contribution < 1.29 is 69.3 Å². The number of aliphatic hydroxyl groups excluding tert-OH is 7. The number of ether oxygens (including phenoxy) is 5. The van der Waals surface area contributed by atoms with Gasteiger partial charge in [0, 0.05) is 6.08 Å². The molecule has 202 valence electrons. The third kappa shape index (κ3) is 5.78. The van der Waals surface area contributed by atoms with Crippen LogP contribution < -0.4 is 4.74 Å². The van der Waals surface area contributed by atoms with Crippen LogP contribution in [0.25, 0.3) is 6.08 Å². The molecule has 2 aliphatic heterocycles. The summed E-state index contributed by atoms with van der Waals surface area (Å²) >= 11 is 0. The summed E-state index contributed by atoms with van der Waals surface area (Å²) in [6.07, 6.45) is -11.0. The van der Waals surface area contributed by atoms with Gasteiger partial charge in [0.1, 0.15) is 55.9 Å². The Morgan fingerprint density at radius 3 is 2.42 bits per heavy atom. The number of esters is 1. The van der Waals surface area contributed by atoms with Crippen molar-refractivity contribution in [3.8, 4) is 11.5 Å². The SMILES string of the molecule is COc1cc(/C=C/C(=O)OC[C@H]2O[C@@](CO)(O[C@H]3O[C@H](CO)[C@@H](O)[C@H](O)[C@H]3O)[C@@H](O)[C@@H]2O)ccc1O. The topological polar surface area (TPSA) is 225 Å². The fourth-order valence-electron chi connectivity index (χ4n) is 3.79. The lowest BCUT2D eigenvalue weighted by Crippen LogP contribution is -2.62. The molecule has 2 fully saturated rings. The Labute approximate surface area is 205 Å². The molecular formula is C22H30O14. The lowest BCUT2D eigenvalue weighted by Gasteiger charge is -2.43. The first-order valence-electron chi connectivity index (χ1n) is 10.9. The van der Waals surface area contributed by atoms with Crippen LogP contribution in [0.3, 0.4) is 0 Å². The summed E-state index contributed by atoms with van der Waals surface area (Å²) in [5.41, 5.74) is 0.515. The molecule has 2 saturated heterocycles. The lowest BCUT2D eigenvalue weighted by molar-refractivity contribution is -0.383. The zero-order valence-electron chi connectivity index (χ0n) is 19.2. The zero-order valence-corrected chi connectivity index (χ0v) is 19.2. The van der Waals surface area contributed by atoms with Gasteiger partial charge < -0.3 is 64.5 Å². The molecule has 2 aliphatic rings. The number of benzene rings is 1. The van der Waals surface area contributed by atoms with Crippen LogP contribution in [0.5, 0.6) is 11.5 Å². The van der Waals surface area contributed by atoms with Gasteiger partial charge in [-0.2, -0.15) is 0 Å². The highest BCUT2D eigenvalue weighted by Crippen LogP contribution is 2.36. The van der Waals surface area contributed by atoms with Crippen molar-refractivity contribution in [2.24, 2.45) is 0 Å². The third-order valence-electron chi connectivity index (χ3n) is 5.90. The van der Waals surface area contributed by atoms with Crippen molar-refractivity contribution in [1.29, 1.82) is 0 Å². The van der Waals surface area contributed by atoms with E-state index in [1.54, 1.807) is 0 Å². The van der Waals surface area contributed by atoms with Gasteiger partial charge >= 0.3 is 5.97 Å². The van der Waals surface area contributed by atoms with Crippen LogP contribution >= 0.6 is 0 Å². The average molecular weight is 518 g/mol. The Morgan fingerprint density at radius 2 is 1.78 bits per heavy atom. The Bertz CT molecular complexity index is 922. The zero-order chi connectivity index (χ0) is 26.6. The molecule has 0 spiro atoms. The van der Waals surface area contributed by atoms with Gasteiger partial charge in [0.05, 0.1) is 13.7 Å². The van der Waals surface area contributed by atoms with Crippen molar-refractivity contribution in [1.82, 2.24) is 0 Å². The van der Waals surface area contributed by atoms with E-state index < -0.39 is 80.6 Å². The standard InChI is InChI=1S/C22H30O14/c1-32-12-6-10(2-4-11(12)25)3-5-15(26)33-8-14-17(28)20(31)22(9-24,35-14)36-21-19(30)18(29)16(27)13(7-23)34-21/h2-6,13-14,16-21,23-25,27-31H,7-9H2,1H3/b5-3+/t13-,14-,16-,17-,18+,19-,20+,21-,22+/m1/s1.